The van der Waals surface area contributed by atoms with E-state index in [4.69, 9.17) is 5.11 Å². The standard InChI is InChI=1S/C10H8BrF3O3/c1-4(9(16)17)6-2-5(11)3-7(8(6)15)10(12,13)14/h2-4,15H,1H3,(H,16,17). The Morgan fingerprint density at radius 1 is 1.41 bits per heavy atom. The van der Waals surface area contributed by atoms with Gasteiger partial charge in [0.2, 0.25) is 0 Å². The lowest BCUT2D eigenvalue weighted by molar-refractivity contribution is -0.140. The second-order valence-electron chi connectivity index (χ2n) is 3.45. The molecule has 1 atom stereocenters. The molecule has 0 aromatic heterocycles. The Labute approximate surface area is 103 Å². The number of benzene rings is 1. The van der Waals surface area contributed by atoms with E-state index in [2.05, 4.69) is 15.9 Å². The van der Waals surface area contributed by atoms with Gasteiger partial charge in [-0.2, -0.15) is 13.2 Å². The number of hydrogen-bond donors (Lipinski definition) is 2. The normalized spacial score (nSPS) is 13.5. The fourth-order valence-corrected chi connectivity index (χ4v) is 1.78. The van der Waals surface area contributed by atoms with Crippen LogP contribution in [0.3, 0.4) is 0 Å². The minimum absolute atomic E-state index is 0.0609. The summed E-state index contributed by atoms with van der Waals surface area (Å²) in [7, 11) is 0. The largest absolute Gasteiger partial charge is 0.507 e. The summed E-state index contributed by atoms with van der Waals surface area (Å²) in [5, 5.41) is 18.2. The first-order valence-corrected chi connectivity index (χ1v) is 5.26. The molecular weight excluding hydrogens is 305 g/mol. The Balaban J connectivity index is 3.44. The highest BCUT2D eigenvalue weighted by Crippen LogP contribution is 2.41. The fraction of sp³-hybridized carbons (Fsp3) is 0.300. The average Bonchev–Trinajstić information content (AvgIpc) is 2.18. The molecule has 94 valence electrons. The lowest BCUT2D eigenvalue weighted by Gasteiger charge is -2.15. The van der Waals surface area contributed by atoms with Crippen molar-refractivity contribution in [1.82, 2.24) is 0 Å². The van der Waals surface area contributed by atoms with Gasteiger partial charge in [-0.05, 0) is 19.1 Å². The Bertz CT molecular complexity index is 457. The molecule has 0 aliphatic carbocycles. The van der Waals surface area contributed by atoms with Crippen LogP contribution in [-0.4, -0.2) is 16.2 Å². The number of carboxylic acids is 1. The number of carboxylic acid groups (broad SMARTS) is 1. The number of phenolic OH excluding ortho intramolecular Hbond substituents is 1. The second kappa shape index (κ2) is 4.56. The zero-order valence-corrected chi connectivity index (χ0v) is 10.1. The van der Waals surface area contributed by atoms with E-state index in [1.54, 1.807) is 0 Å². The topological polar surface area (TPSA) is 57.5 Å². The van der Waals surface area contributed by atoms with Gasteiger partial charge in [0.15, 0.2) is 0 Å². The summed E-state index contributed by atoms with van der Waals surface area (Å²) >= 11 is 2.85. The minimum atomic E-state index is -4.74. The maximum Gasteiger partial charge on any atom is 0.420 e. The Hall–Kier alpha value is -1.24. The molecule has 7 heteroatoms. The number of halogens is 4. The molecule has 3 nitrogen and oxygen atoms in total. The Morgan fingerprint density at radius 2 is 1.94 bits per heavy atom. The number of carbonyl (C=O) groups is 1. The van der Waals surface area contributed by atoms with Crippen LogP contribution in [0.25, 0.3) is 0 Å². The average molecular weight is 313 g/mol. The molecule has 0 fully saturated rings. The van der Waals surface area contributed by atoms with E-state index in [0.29, 0.717) is 6.07 Å². The maximum absolute atomic E-state index is 12.5. The van der Waals surface area contributed by atoms with Gasteiger partial charge in [-0.3, -0.25) is 4.79 Å². The summed E-state index contributed by atoms with van der Waals surface area (Å²) in [6.45, 7) is 1.20. The van der Waals surface area contributed by atoms with E-state index in [-0.39, 0.29) is 10.0 Å². The smallest absolute Gasteiger partial charge is 0.420 e. The number of phenols is 1. The summed E-state index contributed by atoms with van der Waals surface area (Å²) in [4.78, 5) is 10.7. The van der Waals surface area contributed by atoms with Gasteiger partial charge in [-0.1, -0.05) is 15.9 Å². The minimum Gasteiger partial charge on any atom is -0.507 e. The van der Waals surface area contributed by atoms with Gasteiger partial charge >= 0.3 is 12.1 Å². The van der Waals surface area contributed by atoms with Gasteiger partial charge in [0.25, 0.3) is 0 Å². The van der Waals surface area contributed by atoms with Gasteiger partial charge in [0.1, 0.15) is 5.75 Å². The van der Waals surface area contributed by atoms with E-state index in [0.717, 1.165) is 6.07 Å². The highest BCUT2D eigenvalue weighted by molar-refractivity contribution is 9.10. The SMILES string of the molecule is CC(C(=O)O)c1cc(Br)cc(C(F)(F)F)c1O. The number of alkyl halides is 3. The van der Waals surface area contributed by atoms with Crippen molar-refractivity contribution in [3.05, 3.63) is 27.7 Å². The van der Waals surface area contributed by atoms with E-state index >= 15 is 0 Å². The molecule has 1 rings (SSSR count). The molecule has 1 aromatic rings. The third-order valence-corrected chi connectivity index (χ3v) is 2.70. The molecule has 1 aromatic carbocycles. The predicted molar refractivity (Wildman–Crippen MR) is 56.9 cm³/mol. The predicted octanol–water partition coefficient (Wildman–Crippen LogP) is 3.36. The van der Waals surface area contributed by atoms with Gasteiger partial charge in [-0.25, -0.2) is 0 Å². The first-order valence-electron chi connectivity index (χ1n) is 4.47. The van der Waals surface area contributed by atoms with E-state index in [9.17, 15) is 23.1 Å². The maximum atomic E-state index is 12.5. The van der Waals surface area contributed by atoms with Crippen LogP contribution < -0.4 is 0 Å². The molecule has 0 bridgehead atoms. The van der Waals surface area contributed by atoms with Crippen molar-refractivity contribution in [2.75, 3.05) is 0 Å². The van der Waals surface area contributed by atoms with Crippen LogP contribution >= 0.6 is 15.9 Å². The van der Waals surface area contributed by atoms with Gasteiger partial charge in [0.05, 0.1) is 11.5 Å². The van der Waals surface area contributed by atoms with Crippen molar-refractivity contribution < 1.29 is 28.2 Å². The summed E-state index contributed by atoms with van der Waals surface area (Å²) in [6, 6.07) is 1.86. The molecule has 0 saturated carbocycles. The van der Waals surface area contributed by atoms with Crippen LogP contribution in [0.2, 0.25) is 0 Å². The lowest BCUT2D eigenvalue weighted by atomic mass is 9.97. The Morgan fingerprint density at radius 3 is 2.35 bits per heavy atom. The fourth-order valence-electron chi connectivity index (χ4n) is 1.30. The molecule has 0 spiro atoms. The summed E-state index contributed by atoms with van der Waals surface area (Å²) in [6.07, 6.45) is -4.74. The quantitative estimate of drug-likeness (QED) is 0.880. The molecule has 0 aliphatic rings. The highest BCUT2D eigenvalue weighted by atomic mass is 79.9. The zero-order chi connectivity index (χ0) is 13.4. The number of aromatic hydroxyl groups is 1. The van der Waals surface area contributed by atoms with Gasteiger partial charge < -0.3 is 10.2 Å². The third-order valence-electron chi connectivity index (χ3n) is 2.25. The van der Waals surface area contributed by atoms with Crippen molar-refractivity contribution in [3.8, 4) is 5.75 Å². The summed E-state index contributed by atoms with van der Waals surface area (Å²) in [5.74, 6) is -3.59. The monoisotopic (exact) mass is 312 g/mol. The molecule has 0 amide bonds. The van der Waals surface area contributed by atoms with Crippen LogP contribution in [0.15, 0.2) is 16.6 Å². The van der Waals surface area contributed by atoms with Crippen LogP contribution in [0.4, 0.5) is 13.2 Å². The van der Waals surface area contributed by atoms with Crippen LogP contribution in [0.1, 0.15) is 24.0 Å². The first-order chi connectivity index (χ1) is 7.64. The van der Waals surface area contributed by atoms with Crippen LogP contribution in [0, 0.1) is 0 Å². The van der Waals surface area contributed by atoms with E-state index < -0.39 is 29.4 Å². The zero-order valence-electron chi connectivity index (χ0n) is 8.55. The lowest BCUT2D eigenvalue weighted by Crippen LogP contribution is -2.11. The van der Waals surface area contributed by atoms with Gasteiger partial charge in [-0.15, -0.1) is 0 Å². The van der Waals surface area contributed by atoms with Gasteiger partial charge in [0, 0.05) is 10.0 Å². The molecule has 17 heavy (non-hydrogen) atoms. The van der Waals surface area contributed by atoms with Crippen molar-refractivity contribution in [3.63, 3.8) is 0 Å². The number of rotatable bonds is 2. The highest BCUT2D eigenvalue weighted by Gasteiger charge is 2.36. The van der Waals surface area contributed by atoms with Crippen LogP contribution in [-0.2, 0) is 11.0 Å². The van der Waals surface area contributed by atoms with E-state index in [1.165, 1.54) is 6.92 Å². The molecular formula is C10H8BrF3O3. The van der Waals surface area contributed by atoms with Crippen molar-refractivity contribution in [2.45, 2.75) is 19.0 Å². The molecule has 1 unspecified atom stereocenters. The molecule has 0 aliphatic heterocycles. The van der Waals surface area contributed by atoms with E-state index in [1.807, 2.05) is 0 Å². The molecule has 0 radical (unpaired) electrons. The number of aliphatic carboxylic acids is 1. The summed E-state index contributed by atoms with van der Waals surface area (Å²) < 4.78 is 37.7. The third kappa shape index (κ3) is 2.91. The second-order valence-corrected chi connectivity index (χ2v) is 4.36. The van der Waals surface area contributed by atoms with Crippen molar-refractivity contribution >= 4 is 21.9 Å². The van der Waals surface area contributed by atoms with Crippen molar-refractivity contribution in [2.24, 2.45) is 0 Å². The number of hydrogen-bond acceptors (Lipinski definition) is 2. The molecule has 0 heterocycles. The van der Waals surface area contributed by atoms with Crippen LogP contribution in [0.5, 0.6) is 5.75 Å². The summed E-state index contributed by atoms with van der Waals surface area (Å²) in [5.41, 5.74) is -1.53. The molecule has 0 saturated heterocycles. The Kier molecular flexibility index (Phi) is 3.71. The molecule has 2 N–H and O–H groups in total. The van der Waals surface area contributed by atoms with Crippen molar-refractivity contribution in [1.29, 1.82) is 0 Å². The first kappa shape index (κ1) is 13.8.